The van der Waals surface area contributed by atoms with Crippen molar-refractivity contribution in [2.45, 2.75) is 44.7 Å². The molecule has 2 heterocycles. The summed E-state index contributed by atoms with van der Waals surface area (Å²) in [5.74, 6) is 0. The minimum atomic E-state index is -0.166. The lowest BCUT2D eigenvalue weighted by Crippen LogP contribution is -2.49. The molecular weight excluding hydrogens is 314 g/mol. The largest absolute Gasteiger partial charge is 0.350 e. The lowest BCUT2D eigenvalue weighted by Gasteiger charge is -2.31. The first kappa shape index (κ1) is 17.4. The number of piperidine rings is 1. The van der Waals surface area contributed by atoms with Crippen molar-refractivity contribution in [2.75, 3.05) is 13.1 Å². The molecule has 0 amide bonds. The van der Waals surface area contributed by atoms with Gasteiger partial charge in [0.1, 0.15) is 16.4 Å². The van der Waals surface area contributed by atoms with Crippen molar-refractivity contribution < 1.29 is 0 Å². The summed E-state index contributed by atoms with van der Waals surface area (Å²) in [6.45, 7) is 8.67. The first-order valence-corrected chi connectivity index (χ1v) is 8.05. The van der Waals surface area contributed by atoms with Crippen LogP contribution in [0.15, 0.2) is 29.3 Å². The Morgan fingerprint density at radius 3 is 2.23 bits per heavy atom. The number of aliphatic imine (C=N–C) groups is 1. The van der Waals surface area contributed by atoms with Gasteiger partial charge in [-0.15, -0.1) is 12.4 Å². The zero-order valence-electron chi connectivity index (χ0n) is 13.4. The second-order valence-electron chi connectivity index (χ2n) is 7.02. The van der Waals surface area contributed by atoms with Gasteiger partial charge >= 0.3 is 0 Å². The third kappa shape index (κ3) is 3.34. The van der Waals surface area contributed by atoms with Crippen molar-refractivity contribution >= 4 is 35.3 Å². The molecule has 0 aromatic heterocycles. The monoisotopic (exact) mass is 337 g/mol. The Hall–Kier alpha value is -0.970. The summed E-state index contributed by atoms with van der Waals surface area (Å²) >= 11 is 5.52. The van der Waals surface area contributed by atoms with Gasteiger partial charge in [-0.25, -0.2) is 0 Å². The van der Waals surface area contributed by atoms with Crippen molar-refractivity contribution in [1.82, 2.24) is 10.6 Å². The Bertz CT molecular complexity index is 581. The molecule has 2 N–H and O–H groups in total. The lowest BCUT2D eigenvalue weighted by atomic mass is 9.86. The smallest absolute Gasteiger partial charge is 0.133 e. The number of thiocarbonyl (C=S) groups is 1. The molecule has 120 valence electrons. The maximum Gasteiger partial charge on any atom is 0.133 e. The van der Waals surface area contributed by atoms with Crippen molar-refractivity contribution in [1.29, 1.82) is 0 Å². The zero-order chi connectivity index (χ0) is 15.1. The van der Waals surface area contributed by atoms with E-state index in [0.29, 0.717) is 0 Å². The molecule has 0 bridgehead atoms. The van der Waals surface area contributed by atoms with E-state index in [4.69, 9.17) is 17.2 Å². The second-order valence-corrected chi connectivity index (χ2v) is 7.43. The summed E-state index contributed by atoms with van der Waals surface area (Å²) in [4.78, 5) is 5.74. The molecule has 1 saturated heterocycles. The Balaban J connectivity index is 0.00000176. The Labute approximate surface area is 144 Å². The predicted molar refractivity (Wildman–Crippen MR) is 99.5 cm³/mol. The maximum atomic E-state index is 5.52. The molecule has 1 aromatic rings. The normalized spacial score (nSPS) is 20.3. The molecule has 22 heavy (non-hydrogen) atoms. The molecule has 3 nitrogen and oxygen atoms in total. The van der Waals surface area contributed by atoms with Gasteiger partial charge in [0.05, 0.1) is 0 Å². The van der Waals surface area contributed by atoms with Gasteiger partial charge in [0.25, 0.3) is 0 Å². The molecule has 5 heteroatoms. The summed E-state index contributed by atoms with van der Waals surface area (Å²) in [5, 5.41) is 6.83. The number of nitrogens with zero attached hydrogens (tertiary/aromatic N) is 1. The molecule has 2 aliphatic heterocycles. The molecular formula is C17H24ClN3S. The highest BCUT2D eigenvalue weighted by atomic mass is 35.5. The van der Waals surface area contributed by atoms with Crippen LogP contribution in [0.4, 0.5) is 0 Å². The maximum absolute atomic E-state index is 5.52. The van der Waals surface area contributed by atoms with Crippen molar-refractivity contribution in [2.24, 2.45) is 4.99 Å². The van der Waals surface area contributed by atoms with Gasteiger partial charge in [-0.3, -0.25) is 4.99 Å². The van der Waals surface area contributed by atoms with Gasteiger partial charge in [0, 0.05) is 18.4 Å². The van der Waals surface area contributed by atoms with Gasteiger partial charge in [-0.05, 0) is 24.1 Å². The fourth-order valence-electron chi connectivity index (χ4n) is 2.96. The number of rotatable bonds is 1. The first-order valence-electron chi connectivity index (χ1n) is 7.64. The summed E-state index contributed by atoms with van der Waals surface area (Å²) in [6, 6.07) is 8.67. The van der Waals surface area contributed by atoms with Gasteiger partial charge in [-0.1, -0.05) is 57.3 Å². The van der Waals surface area contributed by atoms with Gasteiger partial charge < -0.3 is 10.6 Å². The quantitative estimate of drug-likeness (QED) is 0.773. The minimum absolute atomic E-state index is 0. The number of halogens is 1. The topological polar surface area (TPSA) is 36.4 Å². The van der Waals surface area contributed by atoms with Crippen molar-refractivity contribution in [3.8, 4) is 0 Å². The van der Waals surface area contributed by atoms with E-state index in [9.17, 15) is 0 Å². The predicted octanol–water partition coefficient (Wildman–Crippen LogP) is 3.21. The molecule has 0 aliphatic carbocycles. The van der Waals surface area contributed by atoms with E-state index in [2.05, 4.69) is 55.7 Å². The Kier molecular flexibility index (Phi) is 4.95. The number of hydrogen-bond donors (Lipinski definition) is 2. The molecule has 0 saturated carbocycles. The number of benzene rings is 1. The van der Waals surface area contributed by atoms with E-state index >= 15 is 0 Å². The third-order valence-electron chi connectivity index (χ3n) is 4.34. The van der Waals surface area contributed by atoms with E-state index in [0.717, 1.165) is 42.2 Å². The molecule has 0 unspecified atom stereocenters. The van der Waals surface area contributed by atoms with Crippen molar-refractivity contribution in [3.63, 3.8) is 0 Å². The van der Waals surface area contributed by atoms with Crippen LogP contribution >= 0.6 is 24.6 Å². The fraction of sp³-hybridized carbons (Fsp3) is 0.529. The van der Waals surface area contributed by atoms with E-state index in [1.54, 1.807) is 0 Å². The van der Waals surface area contributed by atoms with Crippen LogP contribution in [0.25, 0.3) is 0 Å². The Morgan fingerprint density at radius 2 is 1.68 bits per heavy atom. The molecule has 3 rings (SSSR count). The summed E-state index contributed by atoms with van der Waals surface area (Å²) in [5.41, 5.74) is 3.41. The molecule has 1 spiro atoms. The van der Waals surface area contributed by atoms with Crippen LogP contribution < -0.4 is 10.6 Å². The third-order valence-corrected chi connectivity index (χ3v) is 4.64. The zero-order valence-corrected chi connectivity index (χ0v) is 15.0. The molecule has 1 aromatic carbocycles. The molecule has 0 radical (unpaired) electrons. The van der Waals surface area contributed by atoms with Crippen LogP contribution in [0.1, 0.15) is 44.7 Å². The van der Waals surface area contributed by atoms with Crippen molar-refractivity contribution in [3.05, 3.63) is 35.4 Å². The highest BCUT2D eigenvalue weighted by Crippen LogP contribution is 2.28. The van der Waals surface area contributed by atoms with E-state index in [1.807, 2.05) is 0 Å². The van der Waals surface area contributed by atoms with Crippen LogP contribution in [0, 0.1) is 0 Å². The first-order chi connectivity index (χ1) is 9.90. The summed E-state index contributed by atoms with van der Waals surface area (Å²) in [7, 11) is 0. The van der Waals surface area contributed by atoms with Crippen LogP contribution in [-0.4, -0.2) is 29.5 Å². The van der Waals surface area contributed by atoms with Crippen LogP contribution in [0.2, 0.25) is 0 Å². The van der Waals surface area contributed by atoms with Crippen LogP contribution in [-0.2, 0) is 5.41 Å². The molecule has 1 fully saturated rings. The average molecular weight is 338 g/mol. The Morgan fingerprint density at radius 1 is 1.09 bits per heavy atom. The average Bonchev–Trinajstić information content (AvgIpc) is 2.75. The summed E-state index contributed by atoms with van der Waals surface area (Å²) in [6.07, 6.45) is 1.99. The second kappa shape index (κ2) is 6.26. The lowest BCUT2D eigenvalue weighted by molar-refractivity contribution is 0.300. The van der Waals surface area contributed by atoms with Gasteiger partial charge in [0.2, 0.25) is 0 Å². The fourth-order valence-corrected chi connectivity index (χ4v) is 3.32. The number of nitrogens with one attached hydrogen (secondary N) is 2. The SMILES string of the molecule is CC(C)(C)c1ccc(C2=NC3(CCNCC3)NC2=S)cc1.Cl. The minimum Gasteiger partial charge on any atom is -0.350 e. The van der Waals surface area contributed by atoms with Gasteiger partial charge in [0.15, 0.2) is 0 Å². The molecule has 2 aliphatic rings. The van der Waals surface area contributed by atoms with Gasteiger partial charge in [-0.2, -0.15) is 0 Å². The standard InChI is InChI=1S/C17H23N3S.ClH/c1-16(2,3)13-6-4-12(5-7-13)14-15(21)20-17(19-14)8-10-18-11-9-17;/h4-7,18H,8-11H2,1-3H3,(H,20,21);1H. The van der Waals surface area contributed by atoms with Crippen LogP contribution in [0.5, 0.6) is 0 Å². The van der Waals surface area contributed by atoms with E-state index < -0.39 is 0 Å². The van der Waals surface area contributed by atoms with E-state index in [1.165, 1.54) is 5.56 Å². The number of hydrogen-bond acceptors (Lipinski definition) is 3. The highest BCUT2D eigenvalue weighted by Gasteiger charge is 2.38. The van der Waals surface area contributed by atoms with E-state index in [-0.39, 0.29) is 23.5 Å². The molecule has 0 atom stereocenters. The highest BCUT2D eigenvalue weighted by molar-refractivity contribution is 7.82. The summed E-state index contributed by atoms with van der Waals surface area (Å²) < 4.78 is 0. The van der Waals surface area contributed by atoms with Crippen LogP contribution in [0.3, 0.4) is 0 Å².